The van der Waals surface area contributed by atoms with Crippen molar-refractivity contribution in [3.8, 4) is 5.75 Å². The number of hydrogen-bond donors (Lipinski definition) is 2. The number of ether oxygens (including phenoxy) is 1. The van der Waals surface area contributed by atoms with E-state index in [1.807, 2.05) is 0 Å². The van der Waals surface area contributed by atoms with E-state index in [1.54, 1.807) is 0 Å². The van der Waals surface area contributed by atoms with Crippen LogP contribution in [0.2, 0.25) is 5.02 Å². The van der Waals surface area contributed by atoms with Gasteiger partial charge >= 0.3 is 0 Å². The lowest BCUT2D eigenvalue weighted by Gasteiger charge is -2.12. The summed E-state index contributed by atoms with van der Waals surface area (Å²) < 4.78 is 18.3. The van der Waals surface area contributed by atoms with Crippen molar-refractivity contribution in [1.29, 1.82) is 0 Å². The van der Waals surface area contributed by atoms with Crippen LogP contribution in [0.1, 0.15) is 11.6 Å². The fraction of sp³-hybridized carbons (Fsp3) is 0.333. The van der Waals surface area contributed by atoms with Crippen LogP contribution in [0.5, 0.6) is 5.75 Å². The molecule has 1 aromatic rings. The number of rotatable bonds is 3. The molecule has 78 valence electrons. The van der Waals surface area contributed by atoms with Gasteiger partial charge in [-0.2, -0.15) is 0 Å². The molecular weight excluding hydrogens is 207 g/mol. The monoisotopic (exact) mass is 218 g/mol. The zero-order valence-electron chi connectivity index (χ0n) is 7.76. The molecule has 0 saturated carbocycles. The fourth-order valence-electron chi connectivity index (χ4n) is 1.11. The van der Waals surface area contributed by atoms with Gasteiger partial charge in [0.05, 0.1) is 12.1 Å². The molecule has 0 aliphatic heterocycles. The van der Waals surface area contributed by atoms with Crippen molar-refractivity contribution in [2.24, 2.45) is 11.5 Å². The largest absolute Gasteiger partial charge is 0.495 e. The highest BCUT2D eigenvalue weighted by molar-refractivity contribution is 6.32. The second kappa shape index (κ2) is 4.59. The van der Waals surface area contributed by atoms with E-state index in [-0.39, 0.29) is 11.6 Å². The number of hydrogen-bond acceptors (Lipinski definition) is 3. The third-order valence-corrected chi connectivity index (χ3v) is 2.22. The van der Waals surface area contributed by atoms with Crippen LogP contribution in [0.4, 0.5) is 4.39 Å². The Balaban J connectivity index is 3.17. The molecule has 5 heteroatoms. The highest BCUT2D eigenvalue weighted by Gasteiger charge is 2.13. The van der Waals surface area contributed by atoms with Crippen LogP contribution >= 0.6 is 11.6 Å². The van der Waals surface area contributed by atoms with Gasteiger partial charge in [-0.25, -0.2) is 4.39 Å². The van der Waals surface area contributed by atoms with Gasteiger partial charge in [-0.1, -0.05) is 11.6 Å². The maximum absolute atomic E-state index is 13.3. The summed E-state index contributed by atoms with van der Waals surface area (Å²) in [5, 5.41) is 0.220. The zero-order chi connectivity index (χ0) is 10.7. The molecule has 0 fully saturated rings. The fourth-order valence-corrected chi connectivity index (χ4v) is 1.34. The summed E-state index contributed by atoms with van der Waals surface area (Å²) in [6, 6.07) is 2.10. The molecular formula is C9H12ClFN2O. The van der Waals surface area contributed by atoms with Crippen LogP contribution in [0.3, 0.4) is 0 Å². The van der Waals surface area contributed by atoms with Crippen LogP contribution in [0, 0.1) is 5.82 Å². The highest BCUT2D eigenvalue weighted by Crippen LogP contribution is 2.29. The second-order valence-corrected chi connectivity index (χ2v) is 3.26. The molecule has 3 nitrogen and oxygen atoms in total. The maximum Gasteiger partial charge on any atom is 0.137 e. The first-order valence-electron chi connectivity index (χ1n) is 4.08. The number of nitrogens with two attached hydrogens (primary N) is 2. The van der Waals surface area contributed by atoms with Crippen LogP contribution in [-0.2, 0) is 0 Å². The lowest BCUT2D eigenvalue weighted by molar-refractivity contribution is 0.412. The van der Waals surface area contributed by atoms with Gasteiger partial charge in [0.25, 0.3) is 0 Å². The van der Waals surface area contributed by atoms with Gasteiger partial charge in [0, 0.05) is 18.2 Å². The lowest BCUT2D eigenvalue weighted by Crippen LogP contribution is -2.21. The minimum atomic E-state index is -0.541. The Morgan fingerprint density at radius 2 is 2.21 bits per heavy atom. The minimum Gasteiger partial charge on any atom is -0.495 e. The van der Waals surface area contributed by atoms with E-state index in [1.165, 1.54) is 19.2 Å². The molecule has 0 aromatic heterocycles. The first-order chi connectivity index (χ1) is 6.60. The second-order valence-electron chi connectivity index (χ2n) is 2.85. The molecule has 0 heterocycles. The topological polar surface area (TPSA) is 61.3 Å². The molecule has 1 rings (SSSR count). The molecule has 1 unspecified atom stereocenters. The normalized spacial score (nSPS) is 12.6. The van der Waals surface area contributed by atoms with Gasteiger partial charge in [-0.05, 0) is 12.1 Å². The molecule has 4 N–H and O–H groups in total. The van der Waals surface area contributed by atoms with Crippen molar-refractivity contribution in [2.75, 3.05) is 13.7 Å². The molecule has 1 aromatic carbocycles. The number of benzene rings is 1. The summed E-state index contributed by atoms with van der Waals surface area (Å²) in [6.45, 7) is 0.168. The van der Waals surface area contributed by atoms with E-state index >= 15 is 0 Å². The van der Waals surface area contributed by atoms with E-state index in [9.17, 15) is 4.39 Å². The molecule has 14 heavy (non-hydrogen) atoms. The van der Waals surface area contributed by atoms with Crippen molar-refractivity contribution in [3.05, 3.63) is 28.5 Å². The summed E-state index contributed by atoms with van der Waals surface area (Å²) in [5.74, 6) is -0.0688. The summed E-state index contributed by atoms with van der Waals surface area (Å²) in [7, 11) is 1.46. The van der Waals surface area contributed by atoms with E-state index in [4.69, 9.17) is 27.8 Å². The van der Waals surface area contributed by atoms with Gasteiger partial charge in [0.15, 0.2) is 0 Å². The van der Waals surface area contributed by atoms with Gasteiger partial charge in [0.1, 0.15) is 11.6 Å². The van der Waals surface area contributed by atoms with Gasteiger partial charge in [0.2, 0.25) is 0 Å². The Labute approximate surface area is 86.8 Å². The molecule has 0 bridgehead atoms. The molecule has 0 saturated heterocycles. The Morgan fingerprint density at radius 3 is 2.71 bits per heavy atom. The Bertz CT molecular complexity index is 333. The SMILES string of the molecule is COc1cc(C(N)CN)c(F)cc1Cl. The van der Waals surface area contributed by atoms with Crippen LogP contribution < -0.4 is 16.2 Å². The Hall–Kier alpha value is -0.840. The molecule has 0 spiro atoms. The van der Waals surface area contributed by atoms with Crippen molar-refractivity contribution in [3.63, 3.8) is 0 Å². The quantitative estimate of drug-likeness (QED) is 0.807. The standard InChI is InChI=1S/C9H12ClFN2O/c1-14-9-2-5(8(13)4-12)7(11)3-6(9)10/h2-3,8H,4,12-13H2,1H3. The van der Waals surface area contributed by atoms with Crippen LogP contribution in [0.15, 0.2) is 12.1 Å². The van der Waals surface area contributed by atoms with Crippen LogP contribution in [0.25, 0.3) is 0 Å². The summed E-state index contributed by atoms with van der Waals surface area (Å²) >= 11 is 5.71. The summed E-state index contributed by atoms with van der Waals surface area (Å²) in [6.07, 6.45) is 0. The van der Waals surface area contributed by atoms with Gasteiger partial charge in [-0.15, -0.1) is 0 Å². The van der Waals surface area contributed by atoms with Crippen molar-refractivity contribution < 1.29 is 9.13 Å². The highest BCUT2D eigenvalue weighted by atomic mass is 35.5. The Kier molecular flexibility index (Phi) is 3.69. The predicted octanol–water partition coefficient (Wildman–Crippen LogP) is 1.45. The average molecular weight is 219 g/mol. The first kappa shape index (κ1) is 11.2. The van der Waals surface area contributed by atoms with E-state index in [0.29, 0.717) is 11.3 Å². The molecule has 1 atom stereocenters. The van der Waals surface area contributed by atoms with E-state index < -0.39 is 11.9 Å². The smallest absolute Gasteiger partial charge is 0.137 e. The molecule has 0 aliphatic rings. The third kappa shape index (κ3) is 2.15. The first-order valence-corrected chi connectivity index (χ1v) is 4.46. The lowest BCUT2D eigenvalue weighted by atomic mass is 10.1. The van der Waals surface area contributed by atoms with Crippen molar-refractivity contribution in [2.45, 2.75) is 6.04 Å². The average Bonchev–Trinajstić information content (AvgIpc) is 2.17. The molecule has 0 aliphatic carbocycles. The van der Waals surface area contributed by atoms with Crippen LogP contribution in [-0.4, -0.2) is 13.7 Å². The number of methoxy groups -OCH3 is 1. The predicted molar refractivity (Wildman–Crippen MR) is 53.9 cm³/mol. The maximum atomic E-state index is 13.3. The van der Waals surface area contributed by atoms with E-state index in [2.05, 4.69) is 0 Å². The third-order valence-electron chi connectivity index (χ3n) is 1.92. The summed E-state index contributed by atoms with van der Waals surface area (Å²) in [5.41, 5.74) is 11.3. The zero-order valence-corrected chi connectivity index (χ0v) is 8.51. The van der Waals surface area contributed by atoms with Crippen molar-refractivity contribution >= 4 is 11.6 Å². The molecule has 0 amide bonds. The van der Waals surface area contributed by atoms with Crippen molar-refractivity contribution in [1.82, 2.24) is 0 Å². The number of halogens is 2. The Morgan fingerprint density at radius 1 is 1.57 bits per heavy atom. The van der Waals surface area contributed by atoms with Gasteiger partial charge in [-0.3, -0.25) is 0 Å². The summed E-state index contributed by atoms with van der Waals surface area (Å²) in [4.78, 5) is 0. The molecule has 0 radical (unpaired) electrons. The van der Waals surface area contributed by atoms with E-state index in [0.717, 1.165) is 0 Å². The van der Waals surface area contributed by atoms with Gasteiger partial charge < -0.3 is 16.2 Å². The minimum absolute atomic E-state index is 0.168.